The van der Waals surface area contributed by atoms with E-state index in [0.29, 0.717) is 5.02 Å². The number of hydrogen-bond donors (Lipinski definition) is 1. The number of rotatable bonds is 2. The Morgan fingerprint density at radius 2 is 1.64 bits per heavy atom. The number of amides is 1. The van der Waals surface area contributed by atoms with E-state index in [-0.39, 0.29) is 16.3 Å². The van der Waals surface area contributed by atoms with Crippen LogP contribution in [-0.2, 0) is 6.18 Å². The van der Waals surface area contributed by atoms with Gasteiger partial charge in [0.2, 0.25) is 0 Å². The van der Waals surface area contributed by atoms with Gasteiger partial charge in [0, 0.05) is 10.7 Å². The number of nitrogens with one attached hydrogen (secondary N) is 1. The molecule has 0 spiro atoms. The molecule has 0 atom stereocenters. The van der Waals surface area contributed by atoms with Crippen LogP contribution in [0.2, 0.25) is 15.1 Å². The van der Waals surface area contributed by atoms with E-state index >= 15 is 0 Å². The molecule has 0 unspecified atom stereocenters. The van der Waals surface area contributed by atoms with Crippen LogP contribution in [0.3, 0.4) is 0 Å². The van der Waals surface area contributed by atoms with Gasteiger partial charge >= 0.3 is 6.18 Å². The number of halogens is 6. The smallest absolute Gasteiger partial charge is 0.322 e. The maximum atomic E-state index is 12.8. The average Bonchev–Trinajstić information content (AvgIpc) is 2.39. The van der Waals surface area contributed by atoms with Gasteiger partial charge in [-0.2, -0.15) is 13.2 Å². The standard InChI is InChI=1S/C14H7Cl3F3NO/c15-7-1-3-9(12(17)5-7)13(22)21-8-2-4-11(16)10(6-8)14(18,19)20/h1-6H,(H,21,22). The second-order valence-corrected chi connectivity index (χ2v) is 5.52. The Bertz CT molecular complexity index is 732. The first-order chi connectivity index (χ1) is 10.2. The molecule has 0 heterocycles. The molecule has 116 valence electrons. The van der Waals surface area contributed by atoms with E-state index in [9.17, 15) is 18.0 Å². The maximum absolute atomic E-state index is 12.8. The Labute approximate surface area is 138 Å². The minimum Gasteiger partial charge on any atom is -0.322 e. The predicted molar refractivity (Wildman–Crippen MR) is 80.9 cm³/mol. The molecule has 0 aliphatic heterocycles. The monoisotopic (exact) mass is 367 g/mol. The zero-order valence-electron chi connectivity index (χ0n) is 10.6. The van der Waals surface area contributed by atoms with Crippen molar-refractivity contribution in [3.05, 3.63) is 62.6 Å². The number of anilines is 1. The van der Waals surface area contributed by atoms with Crippen molar-refractivity contribution >= 4 is 46.4 Å². The molecular formula is C14H7Cl3F3NO. The summed E-state index contributed by atoms with van der Waals surface area (Å²) in [5.41, 5.74) is -0.989. The first-order valence-electron chi connectivity index (χ1n) is 5.81. The Kier molecular flexibility index (Phi) is 4.90. The minimum absolute atomic E-state index is 0.0484. The average molecular weight is 369 g/mol. The van der Waals surface area contributed by atoms with Crippen LogP contribution >= 0.6 is 34.8 Å². The fraction of sp³-hybridized carbons (Fsp3) is 0.0714. The van der Waals surface area contributed by atoms with E-state index in [2.05, 4.69) is 5.32 Å². The summed E-state index contributed by atoms with van der Waals surface area (Å²) in [7, 11) is 0. The lowest BCUT2D eigenvalue weighted by atomic mass is 10.1. The highest BCUT2D eigenvalue weighted by Crippen LogP contribution is 2.36. The zero-order valence-corrected chi connectivity index (χ0v) is 12.9. The largest absolute Gasteiger partial charge is 0.417 e. The molecule has 0 aliphatic rings. The highest BCUT2D eigenvalue weighted by Gasteiger charge is 2.33. The lowest BCUT2D eigenvalue weighted by Gasteiger charge is -2.12. The van der Waals surface area contributed by atoms with Gasteiger partial charge in [0.1, 0.15) is 0 Å². The SMILES string of the molecule is O=C(Nc1ccc(Cl)c(C(F)(F)F)c1)c1ccc(Cl)cc1Cl. The van der Waals surface area contributed by atoms with Crippen LogP contribution < -0.4 is 5.32 Å². The van der Waals surface area contributed by atoms with Gasteiger partial charge in [0.25, 0.3) is 5.91 Å². The lowest BCUT2D eigenvalue weighted by molar-refractivity contribution is -0.137. The van der Waals surface area contributed by atoms with Crippen LogP contribution in [0.1, 0.15) is 15.9 Å². The number of carbonyl (C=O) groups excluding carboxylic acids is 1. The van der Waals surface area contributed by atoms with E-state index in [4.69, 9.17) is 34.8 Å². The summed E-state index contributed by atoms with van der Waals surface area (Å²) in [6, 6.07) is 7.26. The Morgan fingerprint density at radius 1 is 0.955 bits per heavy atom. The summed E-state index contributed by atoms with van der Waals surface area (Å²) in [6.07, 6.45) is -4.62. The summed E-state index contributed by atoms with van der Waals surface area (Å²) in [4.78, 5) is 12.0. The maximum Gasteiger partial charge on any atom is 0.417 e. The third-order valence-electron chi connectivity index (χ3n) is 2.71. The highest BCUT2D eigenvalue weighted by atomic mass is 35.5. The molecule has 22 heavy (non-hydrogen) atoms. The fourth-order valence-corrected chi connectivity index (χ4v) is 2.41. The second kappa shape index (κ2) is 6.36. The van der Waals surface area contributed by atoms with E-state index < -0.39 is 22.7 Å². The summed E-state index contributed by atoms with van der Waals surface area (Å²) in [6.45, 7) is 0. The van der Waals surface area contributed by atoms with Crippen LogP contribution in [0, 0.1) is 0 Å². The normalized spacial score (nSPS) is 11.4. The molecular weight excluding hydrogens is 362 g/mol. The Hall–Kier alpha value is -1.43. The van der Waals surface area contributed by atoms with Crippen LogP contribution in [0.5, 0.6) is 0 Å². The Morgan fingerprint density at radius 3 is 2.23 bits per heavy atom. The van der Waals surface area contributed by atoms with Crippen molar-refractivity contribution in [3.8, 4) is 0 Å². The molecule has 0 aliphatic carbocycles. The molecule has 0 aromatic heterocycles. The number of hydrogen-bond acceptors (Lipinski definition) is 1. The van der Waals surface area contributed by atoms with Crippen molar-refractivity contribution in [2.45, 2.75) is 6.18 Å². The highest BCUT2D eigenvalue weighted by molar-refractivity contribution is 6.37. The quantitative estimate of drug-likeness (QED) is 0.700. The van der Waals surface area contributed by atoms with Crippen LogP contribution in [0.15, 0.2) is 36.4 Å². The van der Waals surface area contributed by atoms with Gasteiger partial charge in [0.15, 0.2) is 0 Å². The summed E-state index contributed by atoms with van der Waals surface area (Å²) >= 11 is 17.1. The van der Waals surface area contributed by atoms with Gasteiger partial charge in [-0.25, -0.2) is 0 Å². The zero-order chi connectivity index (χ0) is 16.5. The molecule has 2 nitrogen and oxygen atoms in total. The first kappa shape index (κ1) is 16.9. The van der Waals surface area contributed by atoms with Crippen molar-refractivity contribution in [2.75, 3.05) is 5.32 Å². The fourth-order valence-electron chi connectivity index (χ4n) is 1.69. The topological polar surface area (TPSA) is 29.1 Å². The molecule has 8 heteroatoms. The van der Waals surface area contributed by atoms with Gasteiger partial charge in [0.05, 0.1) is 21.2 Å². The molecule has 0 bridgehead atoms. The third-order valence-corrected chi connectivity index (χ3v) is 3.58. The van der Waals surface area contributed by atoms with Crippen molar-refractivity contribution in [1.82, 2.24) is 0 Å². The Balaban J connectivity index is 2.29. The van der Waals surface area contributed by atoms with Crippen LogP contribution in [-0.4, -0.2) is 5.91 Å². The van der Waals surface area contributed by atoms with Gasteiger partial charge < -0.3 is 5.32 Å². The summed E-state index contributed by atoms with van der Waals surface area (Å²) in [5.74, 6) is -0.655. The summed E-state index contributed by atoms with van der Waals surface area (Å²) < 4.78 is 38.3. The van der Waals surface area contributed by atoms with E-state index in [0.717, 1.165) is 12.1 Å². The van der Waals surface area contributed by atoms with Gasteiger partial charge in [-0.05, 0) is 36.4 Å². The van der Waals surface area contributed by atoms with Crippen molar-refractivity contribution in [3.63, 3.8) is 0 Å². The van der Waals surface area contributed by atoms with Gasteiger partial charge in [-0.3, -0.25) is 4.79 Å². The van der Waals surface area contributed by atoms with Gasteiger partial charge in [-0.1, -0.05) is 34.8 Å². The van der Waals surface area contributed by atoms with Gasteiger partial charge in [-0.15, -0.1) is 0 Å². The molecule has 0 saturated heterocycles. The molecule has 2 aromatic rings. The van der Waals surface area contributed by atoms with Crippen molar-refractivity contribution in [2.24, 2.45) is 0 Å². The van der Waals surface area contributed by atoms with E-state index in [1.807, 2.05) is 0 Å². The molecule has 0 saturated carbocycles. The van der Waals surface area contributed by atoms with Crippen LogP contribution in [0.4, 0.5) is 18.9 Å². The molecule has 2 aromatic carbocycles. The summed E-state index contributed by atoms with van der Waals surface area (Å²) in [5, 5.41) is 2.32. The first-order valence-corrected chi connectivity index (χ1v) is 6.95. The lowest BCUT2D eigenvalue weighted by Crippen LogP contribution is -2.14. The van der Waals surface area contributed by atoms with Crippen LogP contribution in [0.25, 0.3) is 0 Å². The van der Waals surface area contributed by atoms with Crippen molar-refractivity contribution in [1.29, 1.82) is 0 Å². The van der Waals surface area contributed by atoms with E-state index in [1.165, 1.54) is 24.3 Å². The van der Waals surface area contributed by atoms with Crippen molar-refractivity contribution < 1.29 is 18.0 Å². The third kappa shape index (κ3) is 3.85. The molecule has 2 rings (SSSR count). The molecule has 1 amide bonds. The predicted octanol–water partition coefficient (Wildman–Crippen LogP) is 5.92. The number of benzene rings is 2. The molecule has 0 radical (unpaired) electrons. The molecule has 1 N–H and O–H groups in total. The molecule has 0 fully saturated rings. The number of alkyl halides is 3. The second-order valence-electron chi connectivity index (χ2n) is 4.27. The minimum atomic E-state index is -4.62. The van der Waals surface area contributed by atoms with E-state index in [1.54, 1.807) is 0 Å². The number of carbonyl (C=O) groups is 1.